The molecule has 4 atom stereocenters. The Morgan fingerprint density at radius 3 is 1.50 bits per heavy atom. The van der Waals surface area contributed by atoms with E-state index in [0.29, 0.717) is 0 Å². The molecule has 13 heteroatoms. The second-order valence-corrected chi connectivity index (χ2v) is 7.14. The van der Waals surface area contributed by atoms with Gasteiger partial charge in [-0.3, -0.25) is 24.0 Å². The van der Waals surface area contributed by atoms with Crippen molar-refractivity contribution in [3.63, 3.8) is 0 Å². The molecule has 0 fully saturated rings. The maximum absolute atomic E-state index is 12.6. The molecule has 0 radical (unpaired) electrons. The molecule has 13 nitrogen and oxygen atoms in total. The zero-order chi connectivity index (χ0) is 23.6. The SMILES string of the molecule is CC(C)CC(NC(=O)C(C)N)C(=O)NC(CC(=O)O)C(=O)NC(CC(=O)O)C(=O)O. The number of hydrogen-bond donors (Lipinski definition) is 7. The predicted molar refractivity (Wildman–Crippen MR) is 101 cm³/mol. The smallest absolute Gasteiger partial charge is 0.326 e. The maximum Gasteiger partial charge on any atom is 0.326 e. The lowest BCUT2D eigenvalue weighted by Crippen LogP contribution is -2.57. The molecule has 30 heavy (non-hydrogen) atoms. The summed E-state index contributed by atoms with van der Waals surface area (Å²) in [5.41, 5.74) is 5.46. The number of nitrogens with one attached hydrogen (secondary N) is 3. The Hall–Kier alpha value is -3.22. The lowest BCUT2D eigenvalue weighted by Gasteiger charge is -2.25. The van der Waals surface area contributed by atoms with Gasteiger partial charge in [0.05, 0.1) is 18.9 Å². The van der Waals surface area contributed by atoms with Gasteiger partial charge in [0.25, 0.3) is 0 Å². The molecular weight excluding hydrogens is 404 g/mol. The number of rotatable bonds is 13. The maximum atomic E-state index is 12.6. The van der Waals surface area contributed by atoms with E-state index >= 15 is 0 Å². The number of carboxylic acid groups (broad SMARTS) is 3. The van der Waals surface area contributed by atoms with Crippen molar-refractivity contribution in [3.8, 4) is 0 Å². The van der Waals surface area contributed by atoms with Crippen molar-refractivity contribution < 1.29 is 44.1 Å². The van der Waals surface area contributed by atoms with Gasteiger partial charge < -0.3 is 37.0 Å². The van der Waals surface area contributed by atoms with E-state index in [9.17, 15) is 28.8 Å². The van der Waals surface area contributed by atoms with Gasteiger partial charge in [-0.2, -0.15) is 0 Å². The highest BCUT2D eigenvalue weighted by Crippen LogP contribution is 2.07. The average Bonchev–Trinajstić information content (AvgIpc) is 2.58. The summed E-state index contributed by atoms with van der Waals surface area (Å²) in [7, 11) is 0. The standard InChI is InChI=1S/C17H28N4O9/c1-7(2)4-9(19-14(26)8(3)18)15(27)20-10(5-12(22)23)16(28)21-11(17(29)30)6-13(24)25/h7-11H,4-6,18H2,1-3H3,(H,19,26)(H,20,27)(H,21,28)(H,22,23)(H,24,25)(H,29,30). The van der Waals surface area contributed by atoms with E-state index < -0.39 is 72.6 Å². The number of hydrogen-bond acceptors (Lipinski definition) is 7. The summed E-state index contributed by atoms with van der Waals surface area (Å²) in [5, 5.41) is 33.2. The van der Waals surface area contributed by atoms with E-state index in [1.807, 2.05) is 5.32 Å². The van der Waals surface area contributed by atoms with Crippen molar-refractivity contribution >= 4 is 35.6 Å². The Bertz CT molecular complexity index is 678. The van der Waals surface area contributed by atoms with Gasteiger partial charge in [-0.25, -0.2) is 4.79 Å². The van der Waals surface area contributed by atoms with Gasteiger partial charge in [0, 0.05) is 0 Å². The second kappa shape index (κ2) is 12.4. The summed E-state index contributed by atoms with van der Waals surface area (Å²) in [6.07, 6.45) is -1.69. The van der Waals surface area contributed by atoms with E-state index in [1.54, 1.807) is 13.8 Å². The molecule has 0 aliphatic rings. The van der Waals surface area contributed by atoms with Crippen LogP contribution >= 0.6 is 0 Å². The highest BCUT2D eigenvalue weighted by molar-refractivity contribution is 5.96. The molecule has 4 unspecified atom stereocenters. The van der Waals surface area contributed by atoms with Crippen LogP contribution in [0.2, 0.25) is 0 Å². The zero-order valence-corrected chi connectivity index (χ0v) is 16.9. The summed E-state index contributed by atoms with van der Waals surface area (Å²) in [6, 6.07) is -5.57. The van der Waals surface area contributed by atoms with E-state index in [4.69, 9.17) is 21.1 Å². The first-order valence-corrected chi connectivity index (χ1v) is 9.07. The topological polar surface area (TPSA) is 225 Å². The summed E-state index contributed by atoms with van der Waals surface area (Å²) in [4.78, 5) is 69.7. The molecule has 0 rings (SSSR count). The van der Waals surface area contributed by atoms with Crippen molar-refractivity contribution in [2.75, 3.05) is 0 Å². The van der Waals surface area contributed by atoms with E-state index in [0.717, 1.165) is 0 Å². The van der Waals surface area contributed by atoms with Crippen LogP contribution in [0, 0.1) is 5.92 Å². The molecule has 0 heterocycles. The van der Waals surface area contributed by atoms with Crippen LogP contribution in [0.1, 0.15) is 40.0 Å². The van der Waals surface area contributed by atoms with E-state index in [-0.39, 0.29) is 12.3 Å². The van der Waals surface area contributed by atoms with Gasteiger partial charge in [0.15, 0.2) is 0 Å². The number of carboxylic acids is 3. The van der Waals surface area contributed by atoms with Crippen molar-refractivity contribution in [2.24, 2.45) is 11.7 Å². The lowest BCUT2D eigenvalue weighted by molar-refractivity contribution is -0.148. The third kappa shape index (κ3) is 10.4. The van der Waals surface area contributed by atoms with Crippen LogP contribution in [0.25, 0.3) is 0 Å². The van der Waals surface area contributed by atoms with Gasteiger partial charge in [-0.05, 0) is 19.3 Å². The van der Waals surface area contributed by atoms with Crippen LogP contribution in [0.4, 0.5) is 0 Å². The molecule has 0 spiro atoms. The average molecular weight is 432 g/mol. The predicted octanol–water partition coefficient (Wildman–Crippen LogP) is -2.13. The third-order valence-corrected chi connectivity index (χ3v) is 3.76. The molecule has 0 aliphatic carbocycles. The van der Waals surface area contributed by atoms with Gasteiger partial charge in [0.2, 0.25) is 17.7 Å². The van der Waals surface area contributed by atoms with Crippen molar-refractivity contribution in [2.45, 2.75) is 64.2 Å². The van der Waals surface area contributed by atoms with Crippen LogP contribution in [0.5, 0.6) is 0 Å². The molecule has 0 aliphatic heterocycles. The second-order valence-electron chi connectivity index (χ2n) is 7.14. The molecule has 0 saturated heterocycles. The highest BCUT2D eigenvalue weighted by atomic mass is 16.4. The third-order valence-electron chi connectivity index (χ3n) is 3.76. The Labute approximate surface area is 172 Å². The van der Waals surface area contributed by atoms with Crippen LogP contribution in [-0.4, -0.2) is 75.1 Å². The van der Waals surface area contributed by atoms with Crippen LogP contribution in [0.15, 0.2) is 0 Å². The van der Waals surface area contributed by atoms with Crippen molar-refractivity contribution in [1.29, 1.82) is 0 Å². The minimum atomic E-state index is -1.83. The molecule has 0 bridgehead atoms. The Morgan fingerprint density at radius 2 is 1.10 bits per heavy atom. The first-order valence-electron chi connectivity index (χ1n) is 9.07. The fourth-order valence-electron chi connectivity index (χ4n) is 2.31. The molecule has 0 saturated carbocycles. The Kier molecular flexibility index (Phi) is 11.0. The Morgan fingerprint density at radius 1 is 0.700 bits per heavy atom. The molecule has 0 aromatic heterocycles. The molecule has 0 aromatic rings. The molecular formula is C17H28N4O9. The minimum absolute atomic E-state index is 0.0622. The number of aliphatic carboxylic acids is 3. The minimum Gasteiger partial charge on any atom is -0.481 e. The van der Waals surface area contributed by atoms with Crippen molar-refractivity contribution in [1.82, 2.24) is 16.0 Å². The number of carbonyl (C=O) groups is 6. The van der Waals surface area contributed by atoms with Gasteiger partial charge >= 0.3 is 17.9 Å². The Balaban J connectivity index is 5.47. The first kappa shape index (κ1) is 26.8. The monoisotopic (exact) mass is 432 g/mol. The molecule has 3 amide bonds. The van der Waals surface area contributed by atoms with Crippen LogP contribution in [0.3, 0.4) is 0 Å². The largest absolute Gasteiger partial charge is 0.481 e. The summed E-state index contributed by atoms with van der Waals surface area (Å²) < 4.78 is 0. The molecule has 0 aromatic carbocycles. The van der Waals surface area contributed by atoms with E-state index in [1.165, 1.54) is 6.92 Å². The number of amides is 3. The van der Waals surface area contributed by atoms with Crippen LogP contribution < -0.4 is 21.7 Å². The summed E-state index contributed by atoms with van der Waals surface area (Å²) >= 11 is 0. The fourth-order valence-corrected chi connectivity index (χ4v) is 2.31. The summed E-state index contributed by atoms with van der Waals surface area (Å²) in [5.74, 6) is -7.38. The highest BCUT2D eigenvalue weighted by Gasteiger charge is 2.32. The summed E-state index contributed by atoms with van der Waals surface area (Å²) in [6.45, 7) is 4.93. The number of nitrogens with two attached hydrogens (primary N) is 1. The fraction of sp³-hybridized carbons (Fsp3) is 0.647. The van der Waals surface area contributed by atoms with Gasteiger partial charge in [0.1, 0.15) is 18.1 Å². The number of carbonyl (C=O) groups excluding carboxylic acids is 3. The van der Waals surface area contributed by atoms with Gasteiger partial charge in [-0.15, -0.1) is 0 Å². The first-order chi connectivity index (χ1) is 13.7. The van der Waals surface area contributed by atoms with Gasteiger partial charge in [-0.1, -0.05) is 13.8 Å². The van der Waals surface area contributed by atoms with Crippen LogP contribution in [-0.2, 0) is 28.8 Å². The van der Waals surface area contributed by atoms with Crippen molar-refractivity contribution in [3.05, 3.63) is 0 Å². The molecule has 8 N–H and O–H groups in total. The normalized spacial score (nSPS) is 14.7. The molecule has 170 valence electrons. The lowest BCUT2D eigenvalue weighted by atomic mass is 10.0. The zero-order valence-electron chi connectivity index (χ0n) is 16.9. The quantitative estimate of drug-likeness (QED) is 0.167. The van der Waals surface area contributed by atoms with E-state index in [2.05, 4.69) is 10.6 Å².